The van der Waals surface area contributed by atoms with E-state index < -0.39 is 17.5 Å². The van der Waals surface area contributed by atoms with E-state index in [-0.39, 0.29) is 27.5 Å². The molecule has 7 heteroatoms. The lowest BCUT2D eigenvalue weighted by molar-refractivity contribution is 0.0735. The smallest absolute Gasteiger partial charge is 0.349 e. The highest BCUT2D eigenvalue weighted by atomic mass is 35.5. The molecular formula is C19H14ClNO5. The van der Waals surface area contributed by atoms with Crippen LogP contribution in [0.1, 0.15) is 27.6 Å². The van der Waals surface area contributed by atoms with E-state index in [1.165, 1.54) is 12.1 Å². The molecule has 0 aliphatic rings. The quantitative estimate of drug-likeness (QED) is 0.431. The molecule has 0 aliphatic carbocycles. The summed E-state index contributed by atoms with van der Waals surface area (Å²) >= 11 is 5.98. The first-order valence-corrected chi connectivity index (χ1v) is 8.20. The van der Waals surface area contributed by atoms with Crippen molar-refractivity contribution in [2.24, 2.45) is 0 Å². The van der Waals surface area contributed by atoms with Gasteiger partial charge in [-0.25, -0.2) is 9.59 Å². The summed E-state index contributed by atoms with van der Waals surface area (Å²) in [5.74, 6) is -0.940. The first-order chi connectivity index (χ1) is 12.5. The number of hydrogen-bond acceptors (Lipinski definition) is 5. The van der Waals surface area contributed by atoms with E-state index >= 15 is 0 Å². The SMILES string of the molecule is CCNC(=O)c1cc2ccc(OC(=O)c3ccccc3Cl)cc2oc1=O. The lowest BCUT2D eigenvalue weighted by Gasteiger charge is -2.07. The van der Waals surface area contributed by atoms with Gasteiger partial charge in [0.15, 0.2) is 0 Å². The molecule has 3 rings (SSSR count). The van der Waals surface area contributed by atoms with Gasteiger partial charge in [-0.2, -0.15) is 0 Å². The normalized spacial score (nSPS) is 10.5. The van der Waals surface area contributed by atoms with E-state index in [1.54, 1.807) is 43.3 Å². The maximum Gasteiger partial charge on any atom is 0.349 e. The van der Waals surface area contributed by atoms with Gasteiger partial charge in [-0.15, -0.1) is 0 Å². The highest BCUT2D eigenvalue weighted by Crippen LogP contribution is 2.23. The van der Waals surface area contributed by atoms with Crippen LogP contribution in [0.25, 0.3) is 11.0 Å². The fourth-order valence-corrected chi connectivity index (χ4v) is 2.57. The summed E-state index contributed by atoms with van der Waals surface area (Å²) in [5, 5.41) is 3.35. The summed E-state index contributed by atoms with van der Waals surface area (Å²) in [6, 6.07) is 12.5. The van der Waals surface area contributed by atoms with Crippen molar-refractivity contribution in [1.82, 2.24) is 5.32 Å². The van der Waals surface area contributed by atoms with Crippen LogP contribution in [0.3, 0.4) is 0 Å². The molecule has 0 bridgehead atoms. The van der Waals surface area contributed by atoms with E-state index in [2.05, 4.69) is 5.32 Å². The van der Waals surface area contributed by atoms with E-state index in [1.807, 2.05) is 0 Å². The molecule has 6 nitrogen and oxygen atoms in total. The number of hydrogen-bond donors (Lipinski definition) is 1. The van der Waals surface area contributed by atoms with Gasteiger partial charge in [0.25, 0.3) is 5.91 Å². The number of halogens is 1. The Hall–Kier alpha value is -3.12. The van der Waals surface area contributed by atoms with Crippen molar-refractivity contribution >= 4 is 34.4 Å². The Bertz CT molecular complexity index is 1060. The zero-order valence-corrected chi connectivity index (χ0v) is 14.5. The maximum atomic E-state index is 12.2. The molecule has 26 heavy (non-hydrogen) atoms. The van der Waals surface area contributed by atoms with E-state index in [0.29, 0.717) is 11.9 Å². The first-order valence-electron chi connectivity index (χ1n) is 7.82. The molecule has 0 saturated heterocycles. The van der Waals surface area contributed by atoms with Gasteiger partial charge in [-0.05, 0) is 37.3 Å². The zero-order valence-electron chi connectivity index (χ0n) is 13.7. The standard InChI is InChI=1S/C19H14ClNO5/c1-2-21-17(22)14-9-11-7-8-12(10-16(11)26-19(14)24)25-18(23)13-5-3-4-6-15(13)20/h3-10H,2H2,1H3,(H,21,22). The third-order valence-corrected chi connectivity index (χ3v) is 3.92. The zero-order chi connectivity index (χ0) is 18.7. The number of rotatable bonds is 4. The number of esters is 1. The fourth-order valence-electron chi connectivity index (χ4n) is 2.36. The van der Waals surface area contributed by atoms with Crippen molar-refractivity contribution in [2.75, 3.05) is 6.54 Å². The first kappa shape index (κ1) is 17.7. The molecule has 0 spiro atoms. The van der Waals surface area contributed by atoms with Gasteiger partial charge in [0.1, 0.15) is 16.9 Å². The van der Waals surface area contributed by atoms with Crippen LogP contribution in [-0.2, 0) is 0 Å². The fraction of sp³-hybridized carbons (Fsp3) is 0.105. The number of carbonyl (C=O) groups is 2. The summed E-state index contributed by atoms with van der Waals surface area (Å²) in [5.41, 5.74) is -0.423. The van der Waals surface area contributed by atoms with Gasteiger partial charge in [0, 0.05) is 18.0 Å². The van der Waals surface area contributed by atoms with Gasteiger partial charge in [-0.3, -0.25) is 4.79 Å². The molecule has 0 atom stereocenters. The van der Waals surface area contributed by atoms with Crippen LogP contribution in [0, 0.1) is 0 Å². The molecule has 2 aromatic carbocycles. The maximum absolute atomic E-state index is 12.2. The van der Waals surface area contributed by atoms with Crippen molar-refractivity contribution in [3.8, 4) is 5.75 Å². The molecule has 1 heterocycles. The van der Waals surface area contributed by atoms with Crippen LogP contribution in [0.5, 0.6) is 5.75 Å². The Morgan fingerprint density at radius 3 is 2.62 bits per heavy atom. The number of fused-ring (bicyclic) bond motifs is 1. The minimum absolute atomic E-state index is 0.0832. The molecular weight excluding hydrogens is 358 g/mol. The Morgan fingerprint density at radius 1 is 1.12 bits per heavy atom. The Labute approximate surface area is 153 Å². The van der Waals surface area contributed by atoms with Crippen LogP contribution in [0.15, 0.2) is 57.7 Å². The molecule has 0 aliphatic heterocycles. The minimum Gasteiger partial charge on any atom is -0.423 e. The minimum atomic E-state index is -0.766. The van der Waals surface area contributed by atoms with Crippen molar-refractivity contribution in [2.45, 2.75) is 6.92 Å². The second-order valence-electron chi connectivity index (χ2n) is 5.38. The second kappa shape index (κ2) is 7.41. The number of benzene rings is 2. The Balaban J connectivity index is 1.91. The summed E-state index contributed by atoms with van der Waals surface area (Å²) in [7, 11) is 0. The van der Waals surface area contributed by atoms with Gasteiger partial charge in [0.05, 0.1) is 10.6 Å². The summed E-state index contributed by atoms with van der Waals surface area (Å²) in [6.07, 6.45) is 0. The molecule has 1 N–H and O–H groups in total. The molecule has 0 radical (unpaired) electrons. The Morgan fingerprint density at radius 2 is 1.88 bits per heavy atom. The third-order valence-electron chi connectivity index (χ3n) is 3.59. The number of ether oxygens (including phenoxy) is 1. The van der Waals surface area contributed by atoms with Gasteiger partial charge >= 0.3 is 11.6 Å². The van der Waals surface area contributed by atoms with E-state index in [0.717, 1.165) is 0 Å². The summed E-state index contributed by atoms with van der Waals surface area (Å²) in [4.78, 5) is 36.1. The van der Waals surface area contributed by atoms with Crippen LogP contribution in [0.4, 0.5) is 0 Å². The van der Waals surface area contributed by atoms with Crippen LogP contribution in [-0.4, -0.2) is 18.4 Å². The van der Waals surface area contributed by atoms with Crippen LogP contribution in [0.2, 0.25) is 5.02 Å². The largest absolute Gasteiger partial charge is 0.423 e. The van der Waals surface area contributed by atoms with Crippen molar-refractivity contribution in [3.63, 3.8) is 0 Å². The molecule has 132 valence electrons. The third kappa shape index (κ3) is 3.60. The molecule has 1 aromatic heterocycles. The lowest BCUT2D eigenvalue weighted by atomic mass is 10.1. The van der Waals surface area contributed by atoms with Gasteiger partial charge in [0.2, 0.25) is 0 Å². The van der Waals surface area contributed by atoms with Gasteiger partial charge in [-0.1, -0.05) is 23.7 Å². The highest BCUT2D eigenvalue weighted by Gasteiger charge is 2.15. The predicted molar refractivity (Wildman–Crippen MR) is 96.9 cm³/mol. The lowest BCUT2D eigenvalue weighted by Crippen LogP contribution is -2.27. The van der Waals surface area contributed by atoms with Crippen molar-refractivity contribution in [3.05, 3.63) is 75.1 Å². The van der Waals surface area contributed by atoms with Gasteiger partial charge < -0.3 is 14.5 Å². The second-order valence-corrected chi connectivity index (χ2v) is 5.78. The summed E-state index contributed by atoms with van der Waals surface area (Å²) < 4.78 is 10.5. The number of amides is 1. The average Bonchev–Trinajstić information content (AvgIpc) is 2.61. The van der Waals surface area contributed by atoms with E-state index in [9.17, 15) is 14.4 Å². The van der Waals surface area contributed by atoms with E-state index in [4.69, 9.17) is 20.8 Å². The van der Waals surface area contributed by atoms with Crippen LogP contribution >= 0.6 is 11.6 Å². The predicted octanol–water partition coefficient (Wildman–Crippen LogP) is 3.42. The van der Waals surface area contributed by atoms with Crippen LogP contribution < -0.4 is 15.7 Å². The average molecular weight is 372 g/mol. The Kier molecular flexibility index (Phi) is 5.04. The molecule has 1 amide bonds. The highest BCUT2D eigenvalue weighted by molar-refractivity contribution is 6.33. The molecule has 0 unspecified atom stereocenters. The molecule has 0 fully saturated rings. The summed E-state index contributed by atoms with van der Waals surface area (Å²) in [6.45, 7) is 2.15. The van der Waals surface area contributed by atoms with Crippen molar-refractivity contribution in [1.29, 1.82) is 0 Å². The van der Waals surface area contributed by atoms with Crippen molar-refractivity contribution < 1.29 is 18.7 Å². The number of carbonyl (C=O) groups excluding carboxylic acids is 2. The molecule has 3 aromatic rings. The topological polar surface area (TPSA) is 85.6 Å². The molecule has 0 saturated carbocycles. The number of nitrogens with one attached hydrogen (secondary N) is 1. The monoisotopic (exact) mass is 371 g/mol.